The fourth-order valence-electron chi connectivity index (χ4n) is 2.66. The average Bonchev–Trinajstić information content (AvgIpc) is 2.45. The summed E-state index contributed by atoms with van der Waals surface area (Å²) in [6.07, 6.45) is 3.68. The summed E-state index contributed by atoms with van der Waals surface area (Å²) in [5, 5.41) is 0. The minimum atomic E-state index is -0.606. The lowest BCUT2D eigenvalue weighted by atomic mass is 9.98. The van der Waals surface area contributed by atoms with Crippen LogP contribution in [0.4, 0.5) is 10.5 Å². The van der Waals surface area contributed by atoms with Crippen LogP contribution in [0.25, 0.3) is 0 Å². The van der Waals surface area contributed by atoms with Crippen molar-refractivity contribution in [3.05, 3.63) is 23.5 Å². The van der Waals surface area contributed by atoms with Crippen molar-refractivity contribution in [2.75, 3.05) is 12.3 Å². The third-order valence-electron chi connectivity index (χ3n) is 3.69. The maximum atomic E-state index is 12.4. The number of likely N-dealkylation sites (tertiary alicyclic amines) is 1. The summed E-state index contributed by atoms with van der Waals surface area (Å²) in [4.78, 5) is 29.9. The summed E-state index contributed by atoms with van der Waals surface area (Å²) in [5.41, 5.74) is 11.6. The van der Waals surface area contributed by atoms with Crippen molar-refractivity contribution in [1.29, 1.82) is 0 Å². The first-order valence-corrected chi connectivity index (χ1v) is 7.74. The number of ether oxygens (including phenoxy) is 1. The number of piperidine rings is 1. The molecule has 1 unspecified atom stereocenters. The van der Waals surface area contributed by atoms with Gasteiger partial charge < -0.3 is 16.2 Å². The van der Waals surface area contributed by atoms with Crippen LogP contribution in [0.5, 0.6) is 0 Å². The van der Waals surface area contributed by atoms with E-state index in [1.54, 1.807) is 11.0 Å². The number of carbonyl (C=O) groups is 2. The molecule has 1 atom stereocenters. The van der Waals surface area contributed by atoms with Gasteiger partial charge in [-0.2, -0.15) is 0 Å². The number of aromatic nitrogens is 1. The first-order valence-electron chi connectivity index (χ1n) is 7.74. The van der Waals surface area contributed by atoms with Gasteiger partial charge in [-0.15, -0.1) is 0 Å². The van der Waals surface area contributed by atoms with Crippen LogP contribution in [0.2, 0.25) is 0 Å². The minimum absolute atomic E-state index is 0.227. The van der Waals surface area contributed by atoms with E-state index in [0.717, 1.165) is 19.3 Å². The van der Waals surface area contributed by atoms with Crippen molar-refractivity contribution >= 4 is 17.7 Å². The lowest BCUT2D eigenvalue weighted by Gasteiger charge is -2.36. The zero-order chi connectivity index (χ0) is 17.2. The van der Waals surface area contributed by atoms with E-state index in [1.165, 1.54) is 6.20 Å². The second-order valence-corrected chi connectivity index (χ2v) is 6.75. The van der Waals surface area contributed by atoms with E-state index in [9.17, 15) is 9.59 Å². The highest BCUT2D eigenvalue weighted by Crippen LogP contribution is 2.32. The van der Waals surface area contributed by atoms with Gasteiger partial charge >= 0.3 is 6.09 Å². The molecule has 0 spiro atoms. The molecule has 1 fully saturated rings. The predicted molar refractivity (Wildman–Crippen MR) is 86.7 cm³/mol. The number of primary amides is 1. The molecule has 126 valence electrons. The molecular formula is C16H24N4O3. The van der Waals surface area contributed by atoms with E-state index in [-0.39, 0.29) is 23.4 Å². The lowest BCUT2D eigenvalue weighted by Crippen LogP contribution is -2.42. The number of nitrogens with two attached hydrogens (primary N) is 2. The van der Waals surface area contributed by atoms with Crippen molar-refractivity contribution in [2.24, 2.45) is 5.73 Å². The lowest BCUT2D eigenvalue weighted by molar-refractivity contribution is 0.00901. The number of hydrogen-bond donors (Lipinski definition) is 2. The summed E-state index contributed by atoms with van der Waals surface area (Å²) < 4.78 is 5.47. The Labute approximate surface area is 136 Å². The van der Waals surface area contributed by atoms with E-state index in [0.29, 0.717) is 12.2 Å². The minimum Gasteiger partial charge on any atom is -0.444 e. The van der Waals surface area contributed by atoms with Gasteiger partial charge in [-0.1, -0.05) is 0 Å². The number of carbonyl (C=O) groups excluding carboxylic acids is 2. The first kappa shape index (κ1) is 17.1. The summed E-state index contributed by atoms with van der Waals surface area (Å²) in [6, 6.07) is 1.34. The van der Waals surface area contributed by atoms with Crippen molar-refractivity contribution in [3.8, 4) is 0 Å². The topological polar surface area (TPSA) is 112 Å². The number of rotatable bonds is 2. The van der Waals surface area contributed by atoms with Gasteiger partial charge in [0.05, 0.1) is 29.2 Å². The Morgan fingerprint density at radius 3 is 2.65 bits per heavy atom. The smallest absolute Gasteiger partial charge is 0.410 e. The molecule has 23 heavy (non-hydrogen) atoms. The predicted octanol–water partition coefficient (Wildman–Crippen LogP) is 2.22. The van der Waals surface area contributed by atoms with E-state index < -0.39 is 11.5 Å². The summed E-state index contributed by atoms with van der Waals surface area (Å²) in [5.74, 6) is -0.606. The monoisotopic (exact) mass is 320 g/mol. The zero-order valence-electron chi connectivity index (χ0n) is 13.8. The number of nitrogens with zero attached hydrogens (tertiary/aromatic N) is 2. The van der Waals surface area contributed by atoms with E-state index in [4.69, 9.17) is 16.2 Å². The third-order valence-corrected chi connectivity index (χ3v) is 3.69. The van der Waals surface area contributed by atoms with Gasteiger partial charge in [-0.25, -0.2) is 4.79 Å². The van der Waals surface area contributed by atoms with Crippen molar-refractivity contribution < 1.29 is 14.3 Å². The highest BCUT2D eigenvalue weighted by molar-refractivity contribution is 5.97. The maximum Gasteiger partial charge on any atom is 0.410 e. The molecule has 2 heterocycles. The van der Waals surface area contributed by atoms with Crippen LogP contribution in [0.15, 0.2) is 12.3 Å². The Morgan fingerprint density at radius 1 is 1.35 bits per heavy atom. The quantitative estimate of drug-likeness (QED) is 0.867. The Kier molecular flexibility index (Phi) is 4.77. The Balaban J connectivity index is 2.30. The average molecular weight is 320 g/mol. The second-order valence-electron chi connectivity index (χ2n) is 6.75. The summed E-state index contributed by atoms with van der Waals surface area (Å²) >= 11 is 0. The van der Waals surface area contributed by atoms with Gasteiger partial charge in [0.2, 0.25) is 0 Å². The first-order chi connectivity index (χ1) is 10.7. The fraction of sp³-hybridized carbons (Fsp3) is 0.562. The van der Waals surface area contributed by atoms with Crippen LogP contribution >= 0.6 is 0 Å². The molecular weight excluding hydrogens is 296 g/mol. The molecule has 2 amide bonds. The van der Waals surface area contributed by atoms with Gasteiger partial charge in [-0.3, -0.25) is 14.7 Å². The van der Waals surface area contributed by atoms with Crippen LogP contribution in [0, 0.1) is 0 Å². The number of amides is 2. The molecule has 1 aromatic rings. The largest absolute Gasteiger partial charge is 0.444 e. The third kappa shape index (κ3) is 4.12. The van der Waals surface area contributed by atoms with Gasteiger partial charge in [0, 0.05) is 6.54 Å². The van der Waals surface area contributed by atoms with Crippen molar-refractivity contribution in [2.45, 2.75) is 51.7 Å². The molecule has 0 bridgehead atoms. The SMILES string of the molecule is CC(C)(C)OC(=O)N1CCCCC1c1cc(C(N)=O)c(N)cn1. The molecule has 7 nitrogen and oxygen atoms in total. The molecule has 0 saturated carbocycles. The Bertz CT molecular complexity index is 610. The van der Waals surface area contributed by atoms with E-state index in [1.807, 2.05) is 20.8 Å². The molecule has 1 saturated heterocycles. The van der Waals surface area contributed by atoms with Gasteiger partial charge in [0.25, 0.3) is 5.91 Å². The number of anilines is 1. The molecule has 0 aliphatic carbocycles. The van der Waals surface area contributed by atoms with E-state index in [2.05, 4.69) is 4.98 Å². The van der Waals surface area contributed by atoms with Crippen LogP contribution in [-0.4, -0.2) is 34.0 Å². The number of pyridine rings is 1. The summed E-state index contributed by atoms with van der Waals surface area (Å²) in [7, 11) is 0. The van der Waals surface area contributed by atoms with Crippen LogP contribution in [-0.2, 0) is 4.74 Å². The molecule has 0 aromatic carbocycles. The molecule has 1 aliphatic heterocycles. The maximum absolute atomic E-state index is 12.4. The van der Waals surface area contributed by atoms with Crippen molar-refractivity contribution in [3.63, 3.8) is 0 Å². The standard InChI is InChI=1S/C16H24N4O3/c1-16(2,3)23-15(22)20-7-5-4-6-13(20)12-8-10(14(18)21)11(17)9-19-12/h8-9,13H,4-7,17H2,1-3H3,(H2,18,21). The Hall–Kier alpha value is -2.31. The normalized spacial score (nSPS) is 18.6. The Morgan fingerprint density at radius 2 is 2.04 bits per heavy atom. The van der Waals surface area contributed by atoms with Crippen LogP contribution in [0.1, 0.15) is 62.1 Å². The van der Waals surface area contributed by atoms with Crippen LogP contribution in [0.3, 0.4) is 0 Å². The second kappa shape index (κ2) is 6.44. The molecule has 0 radical (unpaired) electrons. The number of hydrogen-bond acceptors (Lipinski definition) is 5. The molecule has 2 rings (SSSR count). The molecule has 1 aliphatic rings. The van der Waals surface area contributed by atoms with Crippen molar-refractivity contribution in [1.82, 2.24) is 9.88 Å². The molecule has 4 N–H and O–H groups in total. The van der Waals surface area contributed by atoms with Gasteiger partial charge in [-0.05, 0) is 46.1 Å². The molecule has 1 aromatic heterocycles. The number of nitrogen functional groups attached to an aromatic ring is 1. The molecule has 7 heteroatoms. The highest BCUT2D eigenvalue weighted by Gasteiger charge is 2.32. The van der Waals surface area contributed by atoms with Gasteiger partial charge in [0.1, 0.15) is 5.60 Å². The van der Waals surface area contributed by atoms with Crippen LogP contribution < -0.4 is 11.5 Å². The zero-order valence-corrected chi connectivity index (χ0v) is 13.8. The summed E-state index contributed by atoms with van der Waals surface area (Å²) in [6.45, 7) is 6.08. The fourth-order valence-corrected chi connectivity index (χ4v) is 2.66. The van der Waals surface area contributed by atoms with E-state index >= 15 is 0 Å². The van der Waals surface area contributed by atoms with Gasteiger partial charge in [0.15, 0.2) is 0 Å². The highest BCUT2D eigenvalue weighted by atomic mass is 16.6.